The first-order chi connectivity index (χ1) is 6.99. The predicted molar refractivity (Wildman–Crippen MR) is 53.2 cm³/mol. The van der Waals surface area contributed by atoms with Crippen molar-refractivity contribution in [3.05, 3.63) is 0 Å². The molecule has 0 radical (unpaired) electrons. The molecule has 6 nitrogen and oxygen atoms in total. The van der Waals surface area contributed by atoms with Crippen molar-refractivity contribution >= 4 is 17.7 Å². The number of nitrogens with two attached hydrogens (primary N) is 1. The van der Waals surface area contributed by atoms with Crippen LogP contribution in [0.5, 0.6) is 0 Å². The summed E-state index contributed by atoms with van der Waals surface area (Å²) in [4.78, 5) is 32.2. The molecule has 0 bridgehead atoms. The molecular formula is C9H16N2O4. The molecule has 0 aliphatic carbocycles. The van der Waals surface area contributed by atoms with Crippen LogP contribution in [0.2, 0.25) is 0 Å². The molecule has 0 aromatic carbocycles. The first-order valence-electron chi connectivity index (χ1n) is 4.73. The third-order valence-corrected chi connectivity index (χ3v) is 1.87. The third-order valence-electron chi connectivity index (χ3n) is 1.87. The Bertz CT molecular complexity index is 252. The van der Waals surface area contributed by atoms with Crippen molar-refractivity contribution in [1.29, 1.82) is 0 Å². The minimum Gasteiger partial charge on any atom is -0.480 e. The maximum absolute atomic E-state index is 10.9. The molecule has 0 aliphatic heterocycles. The summed E-state index contributed by atoms with van der Waals surface area (Å²) < 4.78 is 0. The van der Waals surface area contributed by atoms with Gasteiger partial charge in [-0.25, -0.2) is 4.79 Å². The van der Waals surface area contributed by atoms with Crippen molar-refractivity contribution in [2.75, 3.05) is 6.54 Å². The molecule has 0 saturated carbocycles. The number of carbonyl (C=O) groups excluding carboxylic acids is 2. The van der Waals surface area contributed by atoms with Gasteiger partial charge in [-0.2, -0.15) is 0 Å². The van der Waals surface area contributed by atoms with Gasteiger partial charge in [-0.05, 0) is 25.8 Å². The fraction of sp³-hybridized carbons (Fsp3) is 0.667. The highest BCUT2D eigenvalue weighted by Gasteiger charge is 2.20. The Kier molecular flexibility index (Phi) is 6.28. The SMILES string of the molecule is CC(=O)C(=O)NC(CCCCN)C(=O)O. The van der Waals surface area contributed by atoms with E-state index in [2.05, 4.69) is 5.32 Å². The number of hydrogen-bond donors (Lipinski definition) is 3. The molecule has 1 amide bonds. The monoisotopic (exact) mass is 216 g/mol. The zero-order valence-corrected chi connectivity index (χ0v) is 8.66. The van der Waals surface area contributed by atoms with Gasteiger partial charge in [0.05, 0.1) is 0 Å². The lowest BCUT2D eigenvalue weighted by Crippen LogP contribution is -2.43. The molecule has 0 aromatic heterocycles. The van der Waals surface area contributed by atoms with Gasteiger partial charge < -0.3 is 16.2 Å². The van der Waals surface area contributed by atoms with Gasteiger partial charge in [0.25, 0.3) is 5.91 Å². The molecule has 0 heterocycles. The smallest absolute Gasteiger partial charge is 0.326 e. The minimum absolute atomic E-state index is 0.283. The zero-order valence-electron chi connectivity index (χ0n) is 8.66. The van der Waals surface area contributed by atoms with Crippen LogP contribution in [-0.4, -0.2) is 35.4 Å². The predicted octanol–water partition coefficient (Wildman–Crippen LogP) is -0.726. The van der Waals surface area contributed by atoms with Crippen molar-refractivity contribution in [2.24, 2.45) is 5.73 Å². The number of unbranched alkanes of at least 4 members (excludes halogenated alkanes) is 1. The number of Topliss-reactive ketones (excluding diaryl/α,β-unsaturated/α-hetero) is 1. The van der Waals surface area contributed by atoms with Crippen LogP contribution >= 0.6 is 0 Å². The van der Waals surface area contributed by atoms with Gasteiger partial charge in [0.15, 0.2) is 0 Å². The van der Waals surface area contributed by atoms with Crippen LogP contribution in [0.4, 0.5) is 0 Å². The van der Waals surface area contributed by atoms with Crippen LogP contribution in [0.3, 0.4) is 0 Å². The first kappa shape index (κ1) is 13.6. The second-order valence-electron chi connectivity index (χ2n) is 3.20. The maximum Gasteiger partial charge on any atom is 0.326 e. The maximum atomic E-state index is 10.9. The summed E-state index contributed by atoms with van der Waals surface area (Å²) in [6, 6.07) is -1.01. The Morgan fingerprint density at radius 3 is 2.33 bits per heavy atom. The fourth-order valence-electron chi connectivity index (χ4n) is 1.01. The van der Waals surface area contributed by atoms with Gasteiger partial charge >= 0.3 is 5.97 Å². The molecular weight excluding hydrogens is 200 g/mol. The van der Waals surface area contributed by atoms with E-state index < -0.39 is 23.7 Å². The average molecular weight is 216 g/mol. The largest absolute Gasteiger partial charge is 0.480 e. The third kappa shape index (κ3) is 5.79. The van der Waals surface area contributed by atoms with E-state index in [1.165, 1.54) is 0 Å². The highest BCUT2D eigenvalue weighted by molar-refractivity contribution is 6.35. The average Bonchev–Trinajstić information content (AvgIpc) is 2.15. The summed E-state index contributed by atoms with van der Waals surface area (Å²) in [7, 11) is 0. The van der Waals surface area contributed by atoms with Crippen LogP contribution in [0, 0.1) is 0 Å². The van der Waals surface area contributed by atoms with E-state index in [9.17, 15) is 14.4 Å². The number of aliphatic carboxylic acids is 1. The molecule has 0 rings (SSSR count). The van der Waals surface area contributed by atoms with Gasteiger partial charge in [-0.15, -0.1) is 0 Å². The molecule has 15 heavy (non-hydrogen) atoms. The van der Waals surface area contributed by atoms with E-state index >= 15 is 0 Å². The van der Waals surface area contributed by atoms with Crippen LogP contribution in [0.1, 0.15) is 26.2 Å². The Morgan fingerprint density at radius 1 is 1.33 bits per heavy atom. The normalized spacial score (nSPS) is 11.9. The number of rotatable bonds is 7. The summed E-state index contributed by atoms with van der Waals surface area (Å²) in [6.45, 7) is 1.57. The Labute approximate surface area is 87.8 Å². The first-order valence-corrected chi connectivity index (χ1v) is 4.73. The number of carboxylic acids is 1. The van der Waals surface area contributed by atoms with E-state index in [-0.39, 0.29) is 6.42 Å². The standard InChI is InChI=1S/C9H16N2O4/c1-6(12)8(13)11-7(9(14)15)4-2-3-5-10/h7H,2-5,10H2,1H3,(H,11,13)(H,14,15). The number of carboxylic acid groups (broad SMARTS) is 1. The number of carbonyl (C=O) groups is 3. The lowest BCUT2D eigenvalue weighted by Gasteiger charge is -2.12. The summed E-state index contributed by atoms with van der Waals surface area (Å²) >= 11 is 0. The van der Waals surface area contributed by atoms with Gasteiger partial charge in [0.2, 0.25) is 5.78 Å². The highest BCUT2D eigenvalue weighted by atomic mass is 16.4. The molecule has 0 spiro atoms. The Morgan fingerprint density at radius 2 is 1.93 bits per heavy atom. The highest BCUT2D eigenvalue weighted by Crippen LogP contribution is 2.00. The molecule has 1 unspecified atom stereocenters. The minimum atomic E-state index is -1.14. The molecule has 0 fully saturated rings. The number of amides is 1. The molecule has 0 aliphatic rings. The Hall–Kier alpha value is -1.43. The topological polar surface area (TPSA) is 109 Å². The van der Waals surface area contributed by atoms with Gasteiger partial charge in [-0.1, -0.05) is 0 Å². The van der Waals surface area contributed by atoms with Crippen molar-refractivity contribution in [3.63, 3.8) is 0 Å². The van der Waals surface area contributed by atoms with E-state index in [0.717, 1.165) is 6.92 Å². The van der Waals surface area contributed by atoms with E-state index in [1.54, 1.807) is 0 Å². The summed E-state index contributed by atoms with van der Waals surface area (Å²) in [6.07, 6.45) is 1.58. The number of ketones is 1. The zero-order chi connectivity index (χ0) is 11.8. The van der Waals surface area contributed by atoms with Crippen molar-refractivity contribution in [2.45, 2.75) is 32.2 Å². The summed E-state index contributed by atoms with van der Waals surface area (Å²) in [5, 5.41) is 10.9. The molecule has 1 atom stereocenters. The van der Waals surface area contributed by atoms with Gasteiger partial charge in [-0.3, -0.25) is 9.59 Å². The quantitative estimate of drug-likeness (QED) is 0.384. The van der Waals surface area contributed by atoms with Gasteiger partial charge in [0.1, 0.15) is 6.04 Å². The van der Waals surface area contributed by atoms with Crippen LogP contribution < -0.4 is 11.1 Å². The second-order valence-corrected chi connectivity index (χ2v) is 3.20. The Balaban J connectivity index is 4.10. The molecule has 4 N–H and O–H groups in total. The van der Waals surface area contributed by atoms with Crippen LogP contribution in [0.25, 0.3) is 0 Å². The van der Waals surface area contributed by atoms with Crippen LogP contribution in [0.15, 0.2) is 0 Å². The van der Waals surface area contributed by atoms with Gasteiger partial charge in [0, 0.05) is 6.92 Å². The lowest BCUT2D eigenvalue weighted by atomic mass is 10.1. The lowest BCUT2D eigenvalue weighted by molar-refractivity contribution is -0.144. The molecule has 0 saturated heterocycles. The van der Waals surface area contributed by atoms with Crippen molar-refractivity contribution in [1.82, 2.24) is 5.32 Å². The van der Waals surface area contributed by atoms with E-state index in [0.29, 0.717) is 19.4 Å². The van der Waals surface area contributed by atoms with Crippen LogP contribution in [-0.2, 0) is 14.4 Å². The summed E-state index contributed by atoms with van der Waals surface area (Å²) in [5.74, 6) is -2.70. The second kappa shape index (κ2) is 6.94. The van der Waals surface area contributed by atoms with Crippen molar-refractivity contribution in [3.8, 4) is 0 Å². The van der Waals surface area contributed by atoms with E-state index in [4.69, 9.17) is 10.8 Å². The number of hydrogen-bond acceptors (Lipinski definition) is 4. The molecule has 6 heteroatoms. The molecule has 86 valence electrons. The fourth-order valence-corrected chi connectivity index (χ4v) is 1.01. The van der Waals surface area contributed by atoms with E-state index in [1.807, 2.05) is 0 Å². The number of nitrogens with one attached hydrogen (secondary N) is 1. The summed E-state index contributed by atoms with van der Waals surface area (Å²) in [5.41, 5.74) is 5.25. The van der Waals surface area contributed by atoms with Crippen molar-refractivity contribution < 1.29 is 19.5 Å². The molecule has 0 aromatic rings.